The number of methoxy groups -OCH3 is 1. The highest BCUT2D eigenvalue weighted by atomic mass is 16.5. The molecule has 36 heavy (non-hydrogen) atoms. The lowest BCUT2D eigenvalue weighted by Crippen LogP contribution is -2.42. The number of hydrogen-bond acceptors (Lipinski definition) is 8. The number of pyridine rings is 1. The number of imidazole rings is 1. The molecule has 0 aliphatic carbocycles. The van der Waals surface area contributed by atoms with Crippen LogP contribution >= 0.6 is 0 Å². The maximum Gasteiger partial charge on any atom is 0.338 e. The minimum Gasteiger partial charge on any atom is -0.495 e. The number of cyclic esters (lactones) is 1. The summed E-state index contributed by atoms with van der Waals surface area (Å²) in [5, 5.41) is 20.1. The van der Waals surface area contributed by atoms with Crippen LogP contribution in [0.4, 0.5) is 0 Å². The summed E-state index contributed by atoms with van der Waals surface area (Å²) in [5.74, 6) is 0.299. The third kappa shape index (κ3) is 3.96. The van der Waals surface area contributed by atoms with Crippen LogP contribution in [0.5, 0.6) is 5.75 Å². The van der Waals surface area contributed by atoms with E-state index in [0.717, 1.165) is 22.4 Å². The molecule has 0 radical (unpaired) electrons. The van der Waals surface area contributed by atoms with Crippen LogP contribution in [0, 0.1) is 18.3 Å². The Labute approximate surface area is 207 Å². The van der Waals surface area contributed by atoms with Crippen molar-refractivity contribution in [1.82, 2.24) is 19.0 Å². The lowest BCUT2D eigenvalue weighted by molar-refractivity contribution is 0.0531. The van der Waals surface area contributed by atoms with Gasteiger partial charge in [-0.1, -0.05) is 6.07 Å². The molecular weight excluding hydrogens is 462 g/mol. The van der Waals surface area contributed by atoms with Crippen LogP contribution in [0.1, 0.15) is 50.6 Å². The number of nitriles is 1. The van der Waals surface area contributed by atoms with Gasteiger partial charge in [0.2, 0.25) is 0 Å². The van der Waals surface area contributed by atoms with E-state index >= 15 is 0 Å². The van der Waals surface area contributed by atoms with Crippen molar-refractivity contribution in [3.8, 4) is 17.6 Å². The number of hydrogen-bond donors (Lipinski definition) is 1. The molecule has 2 aliphatic heterocycles. The molecule has 0 bridgehead atoms. The molecule has 186 valence electrons. The molecule has 0 saturated carbocycles. The lowest BCUT2D eigenvalue weighted by Gasteiger charge is -2.37. The van der Waals surface area contributed by atoms with Gasteiger partial charge in [-0.3, -0.25) is 14.0 Å². The van der Waals surface area contributed by atoms with Gasteiger partial charge in [0.15, 0.2) is 0 Å². The monoisotopic (exact) mass is 489 g/mol. The summed E-state index contributed by atoms with van der Waals surface area (Å²) >= 11 is 0. The highest BCUT2D eigenvalue weighted by molar-refractivity contribution is 5.94. The summed E-state index contributed by atoms with van der Waals surface area (Å²) < 4.78 is 13.5. The van der Waals surface area contributed by atoms with Gasteiger partial charge < -0.3 is 14.6 Å². The third-order valence-electron chi connectivity index (χ3n) is 7.29. The number of esters is 1. The van der Waals surface area contributed by atoms with Crippen LogP contribution in [0.2, 0.25) is 0 Å². The number of fused-ring (bicyclic) bond motifs is 1. The maximum atomic E-state index is 13.0. The molecule has 10 nitrogen and oxygen atoms in total. The van der Waals surface area contributed by atoms with E-state index in [2.05, 4.69) is 9.88 Å². The average Bonchev–Trinajstić information content (AvgIpc) is 3.40. The Bertz CT molecular complexity index is 1450. The highest BCUT2D eigenvalue weighted by Gasteiger charge is 2.33. The van der Waals surface area contributed by atoms with Crippen LogP contribution in [0.25, 0.3) is 5.82 Å². The molecule has 5 rings (SSSR count). The Hall–Kier alpha value is -3.94. The molecule has 2 aromatic heterocycles. The van der Waals surface area contributed by atoms with Crippen molar-refractivity contribution in [2.45, 2.75) is 38.5 Å². The Morgan fingerprint density at radius 1 is 1.33 bits per heavy atom. The Morgan fingerprint density at radius 2 is 2.14 bits per heavy atom. The van der Waals surface area contributed by atoms with E-state index < -0.39 is 6.10 Å². The van der Waals surface area contributed by atoms with Gasteiger partial charge in [-0.05, 0) is 30.5 Å². The largest absolute Gasteiger partial charge is 0.495 e. The second kappa shape index (κ2) is 9.26. The van der Waals surface area contributed by atoms with Gasteiger partial charge in [0.1, 0.15) is 29.8 Å². The summed E-state index contributed by atoms with van der Waals surface area (Å²) in [5.41, 5.74) is 4.34. The van der Waals surface area contributed by atoms with Gasteiger partial charge in [0.05, 0.1) is 30.7 Å². The van der Waals surface area contributed by atoms with Crippen LogP contribution in [0.3, 0.4) is 0 Å². The van der Waals surface area contributed by atoms with Crippen LogP contribution in [-0.2, 0) is 24.9 Å². The first-order valence-electron chi connectivity index (χ1n) is 11.7. The topological polar surface area (TPSA) is 123 Å². The molecule has 1 fully saturated rings. The minimum absolute atomic E-state index is 0.122. The molecule has 3 aromatic rings. The highest BCUT2D eigenvalue weighted by Crippen LogP contribution is 2.34. The zero-order valence-corrected chi connectivity index (χ0v) is 20.4. The Morgan fingerprint density at radius 3 is 2.89 bits per heavy atom. The zero-order valence-electron chi connectivity index (χ0n) is 20.4. The maximum absolute atomic E-state index is 13.0. The number of aromatic nitrogens is 3. The standard InChI is InChI=1S/C26H27N5O5/c1-15-18(4-5-19-21(15)14-36-25(19)33)20-13-30(7-6-22(20)32)11-17-12-31(26(34)29(17)2)24-8-23(35-3)16(9-27)10-28-24/h4-5,8,10,12,20,22,32H,6-7,11,13-14H2,1-3H3/t20-,22+/m0/s1. The van der Waals surface area contributed by atoms with Gasteiger partial charge in [0.25, 0.3) is 0 Å². The third-order valence-corrected chi connectivity index (χ3v) is 7.29. The first-order valence-corrected chi connectivity index (χ1v) is 11.7. The van der Waals surface area contributed by atoms with Crippen molar-refractivity contribution >= 4 is 5.97 Å². The SMILES string of the molecule is COc1cc(-n2cc(CN3CC[C@@H](O)[C@H](c4ccc5c(c4C)COC5=O)C3)n(C)c2=O)ncc1C#N. The van der Waals surface area contributed by atoms with E-state index in [0.29, 0.717) is 48.7 Å². The number of rotatable bonds is 5. The summed E-state index contributed by atoms with van der Waals surface area (Å²) in [6.07, 6.45) is 3.24. The molecular formula is C26H27N5O5. The fourth-order valence-corrected chi connectivity index (χ4v) is 5.15. The predicted octanol–water partition coefficient (Wildman–Crippen LogP) is 1.78. The molecule has 4 heterocycles. The van der Waals surface area contributed by atoms with Crippen LogP contribution in [0.15, 0.2) is 35.4 Å². The number of benzene rings is 1. The van der Waals surface area contributed by atoms with Crippen LogP contribution < -0.4 is 10.4 Å². The molecule has 2 atom stereocenters. The number of aliphatic hydroxyl groups is 1. The van der Waals surface area contributed by atoms with Gasteiger partial charge in [-0.25, -0.2) is 14.6 Å². The van der Waals surface area contributed by atoms with Crippen molar-refractivity contribution in [1.29, 1.82) is 5.26 Å². The Kier molecular flexibility index (Phi) is 6.12. The van der Waals surface area contributed by atoms with E-state index in [4.69, 9.17) is 9.47 Å². The number of carbonyl (C=O) groups excluding carboxylic acids is 1. The summed E-state index contributed by atoms with van der Waals surface area (Å²) in [4.78, 5) is 31.4. The van der Waals surface area contributed by atoms with E-state index in [1.165, 1.54) is 17.9 Å². The van der Waals surface area contributed by atoms with E-state index in [9.17, 15) is 20.0 Å². The number of piperidine rings is 1. The smallest absolute Gasteiger partial charge is 0.338 e. The van der Waals surface area contributed by atoms with E-state index in [1.54, 1.807) is 29.9 Å². The van der Waals surface area contributed by atoms with Crippen molar-refractivity contribution < 1.29 is 19.4 Å². The summed E-state index contributed by atoms with van der Waals surface area (Å²) in [6.45, 7) is 4.05. The number of carbonyl (C=O) groups is 1. The molecule has 1 saturated heterocycles. The molecule has 1 aromatic carbocycles. The predicted molar refractivity (Wildman–Crippen MR) is 129 cm³/mol. The van der Waals surface area contributed by atoms with Crippen molar-refractivity contribution in [2.24, 2.45) is 7.05 Å². The Balaban J connectivity index is 1.40. The van der Waals surface area contributed by atoms with Crippen molar-refractivity contribution in [3.05, 3.63) is 74.6 Å². The average molecular weight is 490 g/mol. The van der Waals surface area contributed by atoms with E-state index in [-0.39, 0.29) is 24.2 Å². The number of likely N-dealkylation sites (tertiary alicyclic amines) is 1. The number of ether oxygens (including phenoxy) is 2. The summed E-state index contributed by atoms with van der Waals surface area (Å²) in [7, 11) is 3.18. The zero-order chi connectivity index (χ0) is 25.6. The fourth-order valence-electron chi connectivity index (χ4n) is 5.15. The second-order valence-electron chi connectivity index (χ2n) is 9.27. The van der Waals surface area contributed by atoms with Gasteiger partial charge >= 0.3 is 11.7 Å². The van der Waals surface area contributed by atoms with E-state index in [1.807, 2.05) is 19.1 Å². The summed E-state index contributed by atoms with van der Waals surface area (Å²) in [6, 6.07) is 7.31. The fraction of sp³-hybridized carbons (Fsp3) is 0.385. The molecule has 1 N–H and O–H groups in total. The first-order chi connectivity index (χ1) is 17.3. The van der Waals surface area contributed by atoms with Gasteiger partial charge in [-0.2, -0.15) is 5.26 Å². The van der Waals surface area contributed by atoms with Gasteiger partial charge in [-0.15, -0.1) is 0 Å². The lowest BCUT2D eigenvalue weighted by atomic mass is 9.83. The number of nitrogens with zero attached hydrogens (tertiary/aromatic N) is 5. The first kappa shape index (κ1) is 23.8. The second-order valence-corrected chi connectivity index (χ2v) is 9.27. The molecule has 2 aliphatic rings. The minimum atomic E-state index is -0.500. The van der Waals surface area contributed by atoms with Crippen LogP contribution in [-0.4, -0.2) is 56.4 Å². The quantitative estimate of drug-likeness (QED) is 0.538. The number of aliphatic hydroxyl groups excluding tert-OH is 1. The molecule has 0 spiro atoms. The van der Waals surface area contributed by atoms with Gasteiger partial charge in [0, 0.05) is 50.4 Å². The molecule has 0 amide bonds. The molecule has 10 heteroatoms. The molecule has 0 unspecified atom stereocenters. The van der Waals surface area contributed by atoms with Crippen molar-refractivity contribution in [2.75, 3.05) is 20.2 Å². The normalized spacial score (nSPS) is 19.6. The van der Waals surface area contributed by atoms with Crippen molar-refractivity contribution in [3.63, 3.8) is 0 Å².